The molecule has 0 bridgehead atoms. The van der Waals surface area contributed by atoms with Crippen molar-refractivity contribution in [2.75, 3.05) is 13.1 Å². The summed E-state index contributed by atoms with van der Waals surface area (Å²) in [6, 6.07) is 9.92. The van der Waals surface area contributed by atoms with E-state index in [0.29, 0.717) is 5.92 Å². The van der Waals surface area contributed by atoms with Crippen LogP contribution in [0, 0.1) is 5.92 Å². The van der Waals surface area contributed by atoms with Gasteiger partial charge in [0.1, 0.15) is 5.76 Å². The zero-order valence-electron chi connectivity index (χ0n) is 12.2. The largest absolute Gasteiger partial charge is 0.465 e. The highest BCUT2D eigenvalue weighted by atomic mass is 16.3. The molecule has 0 aliphatic carbocycles. The molecular weight excluding hydrogens is 248 g/mol. The SMILES string of the molecule is CC(C)CN(C/C=C/c1ccco1)Cc1ccccn1. The molecule has 0 unspecified atom stereocenters. The fourth-order valence-corrected chi connectivity index (χ4v) is 2.14. The first-order valence-electron chi connectivity index (χ1n) is 7.06. The molecule has 0 saturated carbocycles. The Labute approximate surface area is 120 Å². The van der Waals surface area contributed by atoms with Gasteiger partial charge >= 0.3 is 0 Å². The van der Waals surface area contributed by atoms with Crippen LogP contribution in [0.2, 0.25) is 0 Å². The van der Waals surface area contributed by atoms with Crippen molar-refractivity contribution in [3.05, 3.63) is 60.3 Å². The lowest BCUT2D eigenvalue weighted by Gasteiger charge is -2.22. The zero-order valence-corrected chi connectivity index (χ0v) is 12.2. The fraction of sp³-hybridized carbons (Fsp3) is 0.353. The fourth-order valence-electron chi connectivity index (χ4n) is 2.14. The summed E-state index contributed by atoms with van der Waals surface area (Å²) in [6.07, 6.45) is 7.71. The van der Waals surface area contributed by atoms with Crippen LogP contribution < -0.4 is 0 Å². The number of pyridine rings is 1. The first-order chi connectivity index (χ1) is 9.74. The van der Waals surface area contributed by atoms with Gasteiger partial charge in [-0.25, -0.2) is 0 Å². The summed E-state index contributed by atoms with van der Waals surface area (Å²) in [7, 11) is 0. The van der Waals surface area contributed by atoms with E-state index >= 15 is 0 Å². The van der Waals surface area contributed by atoms with Crippen LogP contribution in [-0.2, 0) is 6.54 Å². The van der Waals surface area contributed by atoms with E-state index in [1.165, 1.54) is 0 Å². The van der Waals surface area contributed by atoms with Crippen LogP contribution in [0.4, 0.5) is 0 Å². The number of hydrogen-bond acceptors (Lipinski definition) is 3. The van der Waals surface area contributed by atoms with Crippen LogP contribution in [0.25, 0.3) is 6.08 Å². The van der Waals surface area contributed by atoms with Crippen molar-refractivity contribution in [1.29, 1.82) is 0 Å². The third-order valence-electron chi connectivity index (χ3n) is 2.92. The molecule has 20 heavy (non-hydrogen) atoms. The van der Waals surface area contributed by atoms with Gasteiger partial charge in [-0.05, 0) is 36.3 Å². The van der Waals surface area contributed by atoms with Crippen molar-refractivity contribution in [1.82, 2.24) is 9.88 Å². The van der Waals surface area contributed by atoms with Crippen LogP contribution in [0.15, 0.2) is 53.3 Å². The average Bonchev–Trinajstić information content (AvgIpc) is 2.92. The molecule has 0 saturated heterocycles. The molecule has 2 aromatic heterocycles. The summed E-state index contributed by atoms with van der Waals surface area (Å²) in [5, 5.41) is 0. The normalized spacial score (nSPS) is 11.8. The van der Waals surface area contributed by atoms with Gasteiger partial charge in [-0.2, -0.15) is 0 Å². The maximum atomic E-state index is 5.30. The average molecular weight is 270 g/mol. The first-order valence-corrected chi connectivity index (χ1v) is 7.06. The molecule has 0 spiro atoms. The third-order valence-corrected chi connectivity index (χ3v) is 2.92. The minimum absolute atomic E-state index is 0.635. The van der Waals surface area contributed by atoms with E-state index in [1.54, 1.807) is 6.26 Å². The van der Waals surface area contributed by atoms with Crippen molar-refractivity contribution < 1.29 is 4.42 Å². The van der Waals surface area contributed by atoms with Crippen molar-refractivity contribution in [3.8, 4) is 0 Å². The molecule has 2 rings (SSSR count). The Morgan fingerprint density at radius 2 is 2.15 bits per heavy atom. The molecule has 2 heterocycles. The van der Waals surface area contributed by atoms with Crippen molar-refractivity contribution in [2.45, 2.75) is 20.4 Å². The Morgan fingerprint density at radius 3 is 2.80 bits per heavy atom. The lowest BCUT2D eigenvalue weighted by atomic mass is 10.2. The summed E-state index contributed by atoms with van der Waals surface area (Å²) in [5.41, 5.74) is 1.11. The number of hydrogen-bond donors (Lipinski definition) is 0. The van der Waals surface area contributed by atoms with E-state index in [2.05, 4.69) is 35.9 Å². The molecule has 0 aliphatic rings. The molecule has 0 amide bonds. The van der Waals surface area contributed by atoms with E-state index in [0.717, 1.165) is 31.1 Å². The second kappa shape index (κ2) is 7.65. The first kappa shape index (κ1) is 14.5. The second-order valence-corrected chi connectivity index (χ2v) is 5.33. The minimum atomic E-state index is 0.635. The van der Waals surface area contributed by atoms with E-state index in [-0.39, 0.29) is 0 Å². The van der Waals surface area contributed by atoms with Gasteiger partial charge in [0.2, 0.25) is 0 Å². The van der Waals surface area contributed by atoms with E-state index < -0.39 is 0 Å². The smallest absolute Gasteiger partial charge is 0.126 e. The number of rotatable bonds is 7. The molecule has 0 aromatic carbocycles. The second-order valence-electron chi connectivity index (χ2n) is 5.33. The standard InChI is InChI=1S/C17H22N2O/c1-15(2)13-19(14-16-7-3-4-10-18-16)11-5-8-17-9-6-12-20-17/h3-10,12,15H,11,13-14H2,1-2H3/b8-5+. The van der Waals surface area contributed by atoms with Crippen LogP contribution >= 0.6 is 0 Å². The molecule has 0 radical (unpaired) electrons. The summed E-state index contributed by atoms with van der Waals surface area (Å²) in [4.78, 5) is 6.79. The van der Waals surface area contributed by atoms with Gasteiger partial charge in [-0.1, -0.05) is 26.0 Å². The summed E-state index contributed by atoms with van der Waals surface area (Å²) in [6.45, 7) is 7.30. The maximum Gasteiger partial charge on any atom is 0.126 e. The predicted octanol–water partition coefficient (Wildman–Crippen LogP) is 3.85. The van der Waals surface area contributed by atoms with E-state index in [1.807, 2.05) is 36.5 Å². The number of furan rings is 1. The maximum absolute atomic E-state index is 5.30. The zero-order chi connectivity index (χ0) is 14.2. The van der Waals surface area contributed by atoms with Gasteiger partial charge in [0.15, 0.2) is 0 Å². The van der Waals surface area contributed by atoms with Crippen molar-refractivity contribution in [3.63, 3.8) is 0 Å². The van der Waals surface area contributed by atoms with Gasteiger partial charge in [0.05, 0.1) is 12.0 Å². The summed E-state index contributed by atoms with van der Waals surface area (Å²) in [5.74, 6) is 1.53. The highest BCUT2D eigenvalue weighted by Crippen LogP contribution is 2.07. The molecule has 3 nitrogen and oxygen atoms in total. The minimum Gasteiger partial charge on any atom is -0.465 e. The van der Waals surface area contributed by atoms with Gasteiger partial charge in [-0.3, -0.25) is 9.88 Å². The Kier molecular flexibility index (Phi) is 5.56. The predicted molar refractivity (Wildman–Crippen MR) is 82.1 cm³/mol. The molecular formula is C17H22N2O. The van der Waals surface area contributed by atoms with E-state index in [4.69, 9.17) is 4.42 Å². The number of aromatic nitrogens is 1. The van der Waals surface area contributed by atoms with Crippen LogP contribution in [0.5, 0.6) is 0 Å². The molecule has 106 valence electrons. The Hall–Kier alpha value is -1.87. The van der Waals surface area contributed by atoms with Crippen molar-refractivity contribution in [2.24, 2.45) is 5.92 Å². The summed E-state index contributed by atoms with van der Waals surface area (Å²) >= 11 is 0. The highest BCUT2D eigenvalue weighted by Gasteiger charge is 2.07. The molecule has 2 aromatic rings. The highest BCUT2D eigenvalue weighted by molar-refractivity contribution is 5.42. The topological polar surface area (TPSA) is 29.3 Å². The summed E-state index contributed by atoms with van der Waals surface area (Å²) < 4.78 is 5.30. The number of nitrogens with zero attached hydrogens (tertiary/aromatic N) is 2. The Balaban J connectivity index is 1.93. The van der Waals surface area contributed by atoms with Crippen LogP contribution in [-0.4, -0.2) is 23.0 Å². The Bertz CT molecular complexity index is 503. The van der Waals surface area contributed by atoms with E-state index in [9.17, 15) is 0 Å². The monoisotopic (exact) mass is 270 g/mol. The quantitative estimate of drug-likeness (QED) is 0.765. The Morgan fingerprint density at radius 1 is 1.25 bits per heavy atom. The van der Waals surface area contributed by atoms with Gasteiger partial charge < -0.3 is 4.42 Å². The molecule has 3 heteroatoms. The van der Waals surface area contributed by atoms with Gasteiger partial charge in [-0.15, -0.1) is 0 Å². The van der Waals surface area contributed by atoms with Crippen LogP contribution in [0.3, 0.4) is 0 Å². The van der Waals surface area contributed by atoms with Gasteiger partial charge in [0, 0.05) is 25.8 Å². The van der Waals surface area contributed by atoms with Crippen molar-refractivity contribution >= 4 is 6.08 Å². The third kappa shape index (κ3) is 5.02. The lowest BCUT2D eigenvalue weighted by molar-refractivity contribution is 0.258. The molecule has 0 fully saturated rings. The molecule has 0 N–H and O–H groups in total. The molecule has 0 aliphatic heterocycles. The lowest BCUT2D eigenvalue weighted by Crippen LogP contribution is -2.27. The van der Waals surface area contributed by atoms with Crippen LogP contribution in [0.1, 0.15) is 25.3 Å². The molecule has 0 atom stereocenters. The van der Waals surface area contributed by atoms with Gasteiger partial charge in [0.25, 0.3) is 0 Å².